The molecule has 0 bridgehead atoms. The number of nitrogens with one attached hydrogen (secondary N) is 1. The first-order chi connectivity index (χ1) is 9.71. The Balaban J connectivity index is 2.18. The molecule has 0 amide bonds. The average molecular weight is 368 g/mol. The number of thiophene rings is 2. The average Bonchev–Trinajstić information content (AvgIpc) is 3.04. The van der Waals surface area contributed by atoms with Gasteiger partial charge in [0.15, 0.2) is 5.82 Å². The molecule has 0 radical (unpaired) electrons. The molecule has 104 valence electrons. The predicted octanol–water partition coefficient (Wildman–Crippen LogP) is 5.18. The van der Waals surface area contributed by atoms with Gasteiger partial charge in [-0.1, -0.05) is 6.92 Å². The minimum absolute atomic E-state index is 0.800. The number of aromatic nitrogens is 2. The quantitative estimate of drug-likeness (QED) is 0.690. The van der Waals surface area contributed by atoms with E-state index in [0.29, 0.717) is 0 Å². The van der Waals surface area contributed by atoms with E-state index in [1.54, 1.807) is 22.7 Å². The van der Waals surface area contributed by atoms with Gasteiger partial charge in [-0.05, 0) is 41.4 Å². The van der Waals surface area contributed by atoms with Crippen molar-refractivity contribution in [3.05, 3.63) is 26.9 Å². The van der Waals surface area contributed by atoms with Gasteiger partial charge in [0.25, 0.3) is 0 Å². The number of hydrogen-bond donors (Lipinski definition) is 1. The van der Waals surface area contributed by atoms with E-state index in [0.717, 1.165) is 44.2 Å². The highest BCUT2D eigenvalue weighted by atomic mass is 79.9. The first-order valence-electron chi connectivity index (χ1n) is 6.50. The zero-order chi connectivity index (χ0) is 14.1. The maximum atomic E-state index is 4.73. The standard InChI is InChI=1S/C14H14BrN3S2/c1-3-9-6-10-12(16-4-2)17-13(18-14(10)20-9)11-5-8(15)7-19-11/h5-7H,3-4H2,1-2H3,(H,16,17,18). The van der Waals surface area contributed by atoms with Gasteiger partial charge in [0.1, 0.15) is 10.6 Å². The number of aryl methyl sites for hydroxylation is 1. The normalized spacial score (nSPS) is 11.2. The molecule has 1 N–H and O–H groups in total. The van der Waals surface area contributed by atoms with Crippen LogP contribution in [-0.4, -0.2) is 16.5 Å². The smallest absolute Gasteiger partial charge is 0.173 e. The van der Waals surface area contributed by atoms with Crippen LogP contribution in [0, 0.1) is 0 Å². The highest BCUT2D eigenvalue weighted by molar-refractivity contribution is 9.10. The van der Waals surface area contributed by atoms with Crippen molar-refractivity contribution in [3.8, 4) is 10.7 Å². The van der Waals surface area contributed by atoms with Gasteiger partial charge in [-0.15, -0.1) is 22.7 Å². The van der Waals surface area contributed by atoms with Crippen molar-refractivity contribution >= 4 is 54.6 Å². The van der Waals surface area contributed by atoms with Gasteiger partial charge in [-0.3, -0.25) is 0 Å². The maximum Gasteiger partial charge on any atom is 0.173 e. The Hall–Kier alpha value is -0.980. The second-order valence-electron chi connectivity index (χ2n) is 4.34. The van der Waals surface area contributed by atoms with Crippen molar-refractivity contribution in [2.24, 2.45) is 0 Å². The van der Waals surface area contributed by atoms with E-state index in [4.69, 9.17) is 9.97 Å². The van der Waals surface area contributed by atoms with Crippen LogP contribution in [0.4, 0.5) is 5.82 Å². The van der Waals surface area contributed by atoms with Crippen molar-refractivity contribution in [2.45, 2.75) is 20.3 Å². The summed E-state index contributed by atoms with van der Waals surface area (Å²) in [6.45, 7) is 5.11. The fourth-order valence-corrected chi connectivity index (χ4v) is 4.32. The Morgan fingerprint density at radius 3 is 2.75 bits per heavy atom. The highest BCUT2D eigenvalue weighted by Gasteiger charge is 2.13. The molecule has 0 fully saturated rings. The summed E-state index contributed by atoms with van der Waals surface area (Å²) in [7, 11) is 0. The first-order valence-corrected chi connectivity index (χ1v) is 8.99. The Labute approximate surface area is 134 Å². The summed E-state index contributed by atoms with van der Waals surface area (Å²) in [5.74, 6) is 1.74. The third-order valence-electron chi connectivity index (χ3n) is 2.92. The van der Waals surface area contributed by atoms with Crippen LogP contribution in [0.2, 0.25) is 0 Å². The summed E-state index contributed by atoms with van der Waals surface area (Å²) < 4.78 is 1.08. The van der Waals surface area contributed by atoms with Crippen LogP contribution >= 0.6 is 38.6 Å². The van der Waals surface area contributed by atoms with E-state index in [9.17, 15) is 0 Å². The largest absolute Gasteiger partial charge is 0.370 e. The van der Waals surface area contributed by atoms with Gasteiger partial charge in [-0.2, -0.15) is 0 Å². The van der Waals surface area contributed by atoms with E-state index in [1.807, 2.05) is 0 Å². The molecule has 0 aromatic carbocycles. The van der Waals surface area contributed by atoms with Crippen LogP contribution in [0.1, 0.15) is 18.7 Å². The van der Waals surface area contributed by atoms with Crippen LogP contribution in [0.5, 0.6) is 0 Å². The topological polar surface area (TPSA) is 37.8 Å². The molecule has 0 aliphatic rings. The zero-order valence-electron chi connectivity index (χ0n) is 11.2. The Morgan fingerprint density at radius 2 is 2.10 bits per heavy atom. The van der Waals surface area contributed by atoms with E-state index in [2.05, 4.69) is 52.6 Å². The number of hydrogen-bond acceptors (Lipinski definition) is 5. The van der Waals surface area contributed by atoms with E-state index < -0.39 is 0 Å². The second-order valence-corrected chi connectivity index (χ2v) is 7.28. The van der Waals surface area contributed by atoms with Gasteiger partial charge in [0, 0.05) is 21.3 Å². The summed E-state index contributed by atoms with van der Waals surface area (Å²) >= 11 is 6.90. The van der Waals surface area contributed by atoms with Gasteiger partial charge in [0.2, 0.25) is 0 Å². The first kappa shape index (κ1) is 14.0. The molecule has 3 nitrogen and oxygen atoms in total. The van der Waals surface area contributed by atoms with Gasteiger partial charge >= 0.3 is 0 Å². The molecule has 0 aliphatic carbocycles. The van der Waals surface area contributed by atoms with Crippen molar-refractivity contribution < 1.29 is 0 Å². The molecule has 20 heavy (non-hydrogen) atoms. The molecule has 3 aromatic rings. The summed E-state index contributed by atoms with van der Waals surface area (Å²) in [5, 5.41) is 6.54. The summed E-state index contributed by atoms with van der Waals surface area (Å²) in [6.07, 6.45) is 1.03. The molecule has 3 rings (SSSR count). The molecule has 6 heteroatoms. The molecule has 0 spiro atoms. The third-order valence-corrected chi connectivity index (χ3v) is 5.78. The van der Waals surface area contributed by atoms with Gasteiger partial charge in [0.05, 0.1) is 10.3 Å². The minimum atomic E-state index is 0.800. The number of halogens is 1. The molecule has 0 unspecified atom stereocenters. The van der Waals surface area contributed by atoms with Gasteiger partial charge < -0.3 is 5.32 Å². The summed E-state index contributed by atoms with van der Waals surface area (Å²) in [5.41, 5.74) is 0. The number of rotatable bonds is 4. The van der Waals surface area contributed by atoms with Crippen molar-refractivity contribution in [2.75, 3.05) is 11.9 Å². The fourth-order valence-electron chi connectivity index (χ4n) is 1.99. The number of nitrogens with zero attached hydrogens (tertiary/aromatic N) is 2. The highest BCUT2D eigenvalue weighted by Crippen LogP contribution is 2.34. The third kappa shape index (κ3) is 2.60. The lowest BCUT2D eigenvalue weighted by molar-refractivity contribution is 1.15. The van der Waals surface area contributed by atoms with Crippen LogP contribution in [0.3, 0.4) is 0 Å². The van der Waals surface area contributed by atoms with Crippen LogP contribution in [0.25, 0.3) is 20.9 Å². The van der Waals surface area contributed by atoms with Crippen LogP contribution < -0.4 is 5.32 Å². The Morgan fingerprint density at radius 1 is 1.25 bits per heavy atom. The molecule has 0 aliphatic heterocycles. The molecule has 3 heterocycles. The van der Waals surface area contributed by atoms with E-state index in [1.165, 1.54) is 4.88 Å². The molecule has 3 aromatic heterocycles. The van der Waals surface area contributed by atoms with Crippen LogP contribution in [-0.2, 0) is 6.42 Å². The summed E-state index contributed by atoms with van der Waals surface area (Å²) in [4.78, 5) is 12.9. The SMILES string of the molecule is CCNc1nc(-c2cc(Br)cs2)nc2sc(CC)cc12. The van der Waals surface area contributed by atoms with Gasteiger partial charge in [-0.25, -0.2) is 9.97 Å². The van der Waals surface area contributed by atoms with E-state index >= 15 is 0 Å². The lowest BCUT2D eigenvalue weighted by Gasteiger charge is -2.05. The van der Waals surface area contributed by atoms with E-state index in [-0.39, 0.29) is 0 Å². The Bertz CT molecular complexity index is 748. The maximum absolute atomic E-state index is 4.73. The Kier molecular flexibility index (Phi) is 4.05. The fraction of sp³-hybridized carbons (Fsp3) is 0.286. The number of anilines is 1. The predicted molar refractivity (Wildman–Crippen MR) is 92.0 cm³/mol. The monoisotopic (exact) mass is 367 g/mol. The minimum Gasteiger partial charge on any atom is -0.370 e. The van der Waals surface area contributed by atoms with Crippen LogP contribution in [0.15, 0.2) is 22.0 Å². The van der Waals surface area contributed by atoms with Crippen molar-refractivity contribution in [3.63, 3.8) is 0 Å². The second kappa shape index (κ2) is 5.79. The molecule has 0 saturated heterocycles. The molecule has 0 saturated carbocycles. The van der Waals surface area contributed by atoms with Crippen molar-refractivity contribution in [1.82, 2.24) is 9.97 Å². The molecular formula is C14H14BrN3S2. The zero-order valence-corrected chi connectivity index (χ0v) is 14.5. The lowest BCUT2D eigenvalue weighted by atomic mass is 10.3. The number of fused-ring (bicyclic) bond motifs is 1. The molecular weight excluding hydrogens is 354 g/mol. The van der Waals surface area contributed by atoms with Crippen molar-refractivity contribution in [1.29, 1.82) is 0 Å². The lowest BCUT2D eigenvalue weighted by Crippen LogP contribution is -2.01. The molecule has 0 atom stereocenters. The summed E-state index contributed by atoms with van der Waals surface area (Å²) in [6, 6.07) is 4.27.